The summed E-state index contributed by atoms with van der Waals surface area (Å²) < 4.78 is 1.74. The maximum Gasteiger partial charge on any atom is 0.0888 e. The van der Waals surface area contributed by atoms with Crippen molar-refractivity contribution in [3.05, 3.63) is 18.0 Å². The number of hydrogen-bond donors (Lipinski definition) is 2. The minimum absolute atomic E-state index is 0.158. The lowest BCUT2D eigenvalue weighted by Gasteiger charge is -2.43. The number of aliphatic hydroxyl groups excluding tert-OH is 1. The van der Waals surface area contributed by atoms with E-state index in [2.05, 4.69) is 18.9 Å². The molecule has 3 N–H and O–H groups in total. The highest BCUT2D eigenvalue weighted by Gasteiger charge is 2.41. The van der Waals surface area contributed by atoms with Crippen molar-refractivity contribution >= 4 is 0 Å². The van der Waals surface area contributed by atoms with Gasteiger partial charge in [-0.1, -0.05) is 13.8 Å². The van der Waals surface area contributed by atoms with Crippen molar-refractivity contribution in [3.63, 3.8) is 0 Å². The van der Waals surface area contributed by atoms with Crippen molar-refractivity contribution in [3.8, 4) is 0 Å². The van der Waals surface area contributed by atoms with Crippen LogP contribution in [-0.4, -0.2) is 21.4 Å². The second-order valence-electron chi connectivity index (χ2n) is 6.50. The Balaban J connectivity index is 2.11. The van der Waals surface area contributed by atoms with E-state index < -0.39 is 6.10 Å². The lowest BCUT2D eigenvalue weighted by molar-refractivity contribution is -0.0148. The zero-order chi connectivity index (χ0) is 14.0. The van der Waals surface area contributed by atoms with Crippen LogP contribution in [0, 0.1) is 17.3 Å². The summed E-state index contributed by atoms with van der Waals surface area (Å²) in [5, 5.41) is 14.9. The van der Waals surface area contributed by atoms with E-state index in [0.29, 0.717) is 6.54 Å². The molecule has 1 aromatic heterocycles. The van der Waals surface area contributed by atoms with Gasteiger partial charge in [-0.05, 0) is 37.5 Å². The van der Waals surface area contributed by atoms with Gasteiger partial charge in [0.2, 0.25) is 0 Å². The van der Waals surface area contributed by atoms with Gasteiger partial charge in [0.15, 0.2) is 0 Å². The van der Waals surface area contributed by atoms with Crippen molar-refractivity contribution in [2.24, 2.45) is 30.0 Å². The first-order valence-corrected chi connectivity index (χ1v) is 7.35. The molecule has 1 aliphatic rings. The van der Waals surface area contributed by atoms with Crippen molar-refractivity contribution in [1.82, 2.24) is 9.78 Å². The molecule has 4 nitrogen and oxygen atoms in total. The Morgan fingerprint density at radius 3 is 2.53 bits per heavy atom. The molecule has 0 spiro atoms. The molecule has 1 unspecified atom stereocenters. The number of aliphatic hydroxyl groups is 1. The molecule has 1 aromatic rings. The van der Waals surface area contributed by atoms with Crippen LogP contribution < -0.4 is 5.73 Å². The average Bonchev–Trinajstić information content (AvgIpc) is 2.84. The maximum absolute atomic E-state index is 10.7. The van der Waals surface area contributed by atoms with E-state index in [0.717, 1.165) is 30.2 Å². The maximum atomic E-state index is 10.7. The fourth-order valence-electron chi connectivity index (χ4n) is 3.41. The molecule has 1 heterocycles. The molecular formula is C15H27N3O. The zero-order valence-corrected chi connectivity index (χ0v) is 12.3. The van der Waals surface area contributed by atoms with Gasteiger partial charge in [0.1, 0.15) is 0 Å². The van der Waals surface area contributed by atoms with E-state index in [1.807, 2.05) is 13.2 Å². The molecule has 0 bridgehead atoms. The van der Waals surface area contributed by atoms with Gasteiger partial charge < -0.3 is 10.8 Å². The van der Waals surface area contributed by atoms with Gasteiger partial charge in [-0.15, -0.1) is 0 Å². The van der Waals surface area contributed by atoms with Crippen LogP contribution in [0.15, 0.2) is 12.4 Å². The SMILES string of the molecule is CC(C)C1CCC(CN)(C(O)c2cnn(C)c2)CC1. The molecule has 0 radical (unpaired) electrons. The van der Waals surface area contributed by atoms with Crippen molar-refractivity contribution in [2.45, 2.75) is 45.6 Å². The molecule has 1 aliphatic carbocycles. The van der Waals surface area contributed by atoms with Crippen LogP contribution in [0.2, 0.25) is 0 Å². The molecule has 108 valence electrons. The summed E-state index contributed by atoms with van der Waals surface area (Å²) in [6, 6.07) is 0. The van der Waals surface area contributed by atoms with E-state index in [-0.39, 0.29) is 5.41 Å². The van der Waals surface area contributed by atoms with Crippen LogP contribution in [-0.2, 0) is 7.05 Å². The normalized spacial score (nSPS) is 29.7. The quantitative estimate of drug-likeness (QED) is 0.877. The van der Waals surface area contributed by atoms with Gasteiger partial charge in [0.05, 0.1) is 12.3 Å². The standard InChI is InChI=1S/C15H27N3O/c1-11(2)12-4-6-15(10-16,7-5-12)14(19)13-8-17-18(3)9-13/h8-9,11-12,14,19H,4-7,10,16H2,1-3H3. The molecule has 1 atom stereocenters. The molecular weight excluding hydrogens is 238 g/mol. The predicted octanol–water partition coefficient (Wildman–Crippen LogP) is 2.24. The van der Waals surface area contributed by atoms with Crippen LogP contribution in [0.3, 0.4) is 0 Å². The lowest BCUT2D eigenvalue weighted by Crippen LogP contribution is -2.40. The number of rotatable bonds is 4. The van der Waals surface area contributed by atoms with Gasteiger partial charge in [-0.25, -0.2) is 0 Å². The van der Waals surface area contributed by atoms with E-state index >= 15 is 0 Å². The first-order valence-electron chi connectivity index (χ1n) is 7.35. The number of nitrogens with zero attached hydrogens (tertiary/aromatic N) is 2. The van der Waals surface area contributed by atoms with Crippen LogP contribution >= 0.6 is 0 Å². The Hall–Kier alpha value is -0.870. The van der Waals surface area contributed by atoms with Gasteiger partial charge in [-0.2, -0.15) is 5.10 Å². The Morgan fingerprint density at radius 1 is 1.47 bits per heavy atom. The van der Waals surface area contributed by atoms with Crippen LogP contribution in [0.5, 0.6) is 0 Å². The molecule has 4 heteroatoms. The van der Waals surface area contributed by atoms with Crippen molar-refractivity contribution in [2.75, 3.05) is 6.54 Å². The summed E-state index contributed by atoms with van der Waals surface area (Å²) in [6.07, 6.45) is 7.55. The highest BCUT2D eigenvalue weighted by molar-refractivity contribution is 5.13. The van der Waals surface area contributed by atoms with E-state index in [4.69, 9.17) is 5.73 Å². The summed E-state index contributed by atoms with van der Waals surface area (Å²) in [5.74, 6) is 1.51. The fraction of sp³-hybridized carbons (Fsp3) is 0.800. The molecule has 1 fully saturated rings. The second kappa shape index (κ2) is 5.63. The third-order valence-electron chi connectivity index (χ3n) is 5.00. The summed E-state index contributed by atoms with van der Waals surface area (Å²) in [7, 11) is 1.88. The molecule has 1 saturated carbocycles. The Labute approximate surface area is 116 Å². The third-order valence-corrected chi connectivity index (χ3v) is 5.00. The Bertz CT molecular complexity index is 405. The van der Waals surface area contributed by atoms with Crippen LogP contribution in [0.25, 0.3) is 0 Å². The first kappa shape index (κ1) is 14.5. The highest BCUT2D eigenvalue weighted by Crippen LogP contribution is 2.48. The van der Waals surface area contributed by atoms with Crippen LogP contribution in [0.4, 0.5) is 0 Å². The summed E-state index contributed by atoms with van der Waals surface area (Å²) in [5.41, 5.74) is 6.76. The van der Waals surface area contributed by atoms with Crippen molar-refractivity contribution in [1.29, 1.82) is 0 Å². The minimum Gasteiger partial charge on any atom is -0.388 e. The second-order valence-corrected chi connectivity index (χ2v) is 6.50. The number of nitrogens with two attached hydrogens (primary N) is 1. The summed E-state index contributed by atoms with van der Waals surface area (Å²) >= 11 is 0. The largest absolute Gasteiger partial charge is 0.388 e. The minimum atomic E-state index is -0.487. The average molecular weight is 265 g/mol. The predicted molar refractivity (Wildman–Crippen MR) is 76.5 cm³/mol. The fourth-order valence-corrected chi connectivity index (χ4v) is 3.41. The molecule has 0 aliphatic heterocycles. The van der Waals surface area contributed by atoms with Gasteiger partial charge in [0, 0.05) is 30.8 Å². The molecule has 2 rings (SSSR count). The van der Waals surface area contributed by atoms with Crippen LogP contribution in [0.1, 0.15) is 51.2 Å². The smallest absolute Gasteiger partial charge is 0.0888 e. The monoisotopic (exact) mass is 265 g/mol. The Morgan fingerprint density at radius 2 is 2.11 bits per heavy atom. The number of aromatic nitrogens is 2. The summed E-state index contributed by atoms with van der Waals surface area (Å²) in [4.78, 5) is 0. The molecule has 19 heavy (non-hydrogen) atoms. The van der Waals surface area contributed by atoms with E-state index in [1.165, 1.54) is 12.8 Å². The summed E-state index contributed by atoms with van der Waals surface area (Å²) in [6.45, 7) is 5.13. The topological polar surface area (TPSA) is 64.1 Å². The third kappa shape index (κ3) is 2.84. The van der Waals surface area contributed by atoms with Gasteiger partial charge in [0.25, 0.3) is 0 Å². The highest BCUT2D eigenvalue weighted by atomic mass is 16.3. The van der Waals surface area contributed by atoms with E-state index in [1.54, 1.807) is 10.9 Å². The zero-order valence-electron chi connectivity index (χ0n) is 12.3. The van der Waals surface area contributed by atoms with Gasteiger partial charge in [-0.3, -0.25) is 4.68 Å². The van der Waals surface area contributed by atoms with Crippen molar-refractivity contribution < 1.29 is 5.11 Å². The molecule has 0 amide bonds. The van der Waals surface area contributed by atoms with Gasteiger partial charge >= 0.3 is 0 Å². The number of aryl methyl sites for hydroxylation is 1. The molecule has 0 saturated heterocycles. The van der Waals surface area contributed by atoms with E-state index in [9.17, 15) is 5.11 Å². The molecule has 0 aromatic carbocycles. The first-order chi connectivity index (χ1) is 8.98. The Kier molecular flexibility index (Phi) is 4.31. The number of hydrogen-bond acceptors (Lipinski definition) is 3. The lowest BCUT2D eigenvalue weighted by atomic mass is 9.64.